The van der Waals surface area contributed by atoms with E-state index < -0.39 is 0 Å². The summed E-state index contributed by atoms with van der Waals surface area (Å²) in [5.74, 6) is 0.923. The van der Waals surface area contributed by atoms with E-state index in [1.54, 1.807) is 11.3 Å². The number of nitrogens with zero attached hydrogens (tertiary/aromatic N) is 3. The zero-order valence-electron chi connectivity index (χ0n) is 15.4. The van der Waals surface area contributed by atoms with Gasteiger partial charge in [0.15, 0.2) is 0 Å². The zero-order valence-corrected chi connectivity index (χ0v) is 16.9. The molecular weight excluding hydrogens is 380 g/mol. The maximum atomic E-state index is 12.6. The molecule has 1 N–H and O–H groups in total. The Hall–Kier alpha value is -1.66. The summed E-state index contributed by atoms with van der Waals surface area (Å²) < 4.78 is 0. The first-order valence-electron chi connectivity index (χ1n) is 9.79. The molecule has 144 valence electrons. The molecule has 2 aliphatic rings. The number of hydrogen-bond donors (Lipinski definition) is 1. The van der Waals surface area contributed by atoms with Gasteiger partial charge in [-0.05, 0) is 43.4 Å². The van der Waals surface area contributed by atoms with E-state index in [9.17, 15) is 4.79 Å². The van der Waals surface area contributed by atoms with Crippen molar-refractivity contribution in [3.63, 3.8) is 0 Å². The molecule has 1 saturated carbocycles. The van der Waals surface area contributed by atoms with Crippen molar-refractivity contribution in [1.29, 1.82) is 0 Å². The van der Waals surface area contributed by atoms with Crippen LogP contribution < -0.4 is 5.32 Å². The molecule has 2 aromatic rings. The normalized spacial score (nSPS) is 20.8. The number of carbonyl (C=O) groups is 1. The molecule has 0 spiro atoms. The number of piperidine rings is 1. The maximum absolute atomic E-state index is 12.6. The molecule has 1 saturated heterocycles. The molecule has 1 aliphatic heterocycles. The second kappa shape index (κ2) is 8.57. The molecule has 1 unspecified atom stereocenters. The van der Waals surface area contributed by atoms with E-state index in [4.69, 9.17) is 11.6 Å². The monoisotopic (exact) mass is 404 g/mol. The van der Waals surface area contributed by atoms with Gasteiger partial charge in [-0.3, -0.25) is 0 Å². The summed E-state index contributed by atoms with van der Waals surface area (Å²) in [4.78, 5) is 14.5. The first kappa shape index (κ1) is 18.7. The van der Waals surface area contributed by atoms with Crippen molar-refractivity contribution in [3.05, 3.63) is 44.9 Å². The highest BCUT2D eigenvalue weighted by atomic mass is 35.5. The average Bonchev–Trinajstić information content (AvgIpc) is 3.39. The molecule has 0 bridgehead atoms. The van der Waals surface area contributed by atoms with Gasteiger partial charge < -0.3 is 10.2 Å². The minimum atomic E-state index is -0.00446. The third-order valence-corrected chi connectivity index (χ3v) is 7.08. The molecule has 2 amide bonds. The van der Waals surface area contributed by atoms with Gasteiger partial charge in [-0.1, -0.05) is 36.6 Å². The summed E-state index contributed by atoms with van der Waals surface area (Å²) in [6, 6.07) is 7.56. The van der Waals surface area contributed by atoms with Crippen molar-refractivity contribution in [1.82, 2.24) is 20.4 Å². The van der Waals surface area contributed by atoms with E-state index in [0.717, 1.165) is 36.5 Å². The Kier molecular flexibility index (Phi) is 5.93. The number of urea groups is 1. The Morgan fingerprint density at radius 3 is 2.48 bits per heavy atom. The van der Waals surface area contributed by atoms with Crippen molar-refractivity contribution in [3.8, 4) is 0 Å². The number of amides is 2. The van der Waals surface area contributed by atoms with Crippen LogP contribution in [0.25, 0.3) is 0 Å². The summed E-state index contributed by atoms with van der Waals surface area (Å²) in [7, 11) is 0. The standard InChI is InChI=1S/C20H25ClN4OS/c21-17-9-7-14(8-10-17)12-22-20(26)25-11-3-6-16(13-25)19-24-23-18(27-19)15-4-1-2-5-15/h7-10,15-16H,1-6,11-13H2,(H,22,26). The van der Waals surface area contributed by atoms with Crippen LogP contribution in [0.5, 0.6) is 0 Å². The SMILES string of the molecule is O=C(NCc1ccc(Cl)cc1)N1CCCC(c2nnc(C3CCCC3)s2)C1. The second-order valence-corrected chi connectivity index (χ2v) is 9.01. The van der Waals surface area contributed by atoms with Gasteiger partial charge in [0, 0.05) is 36.5 Å². The highest BCUT2D eigenvalue weighted by Crippen LogP contribution is 2.38. The van der Waals surface area contributed by atoms with E-state index >= 15 is 0 Å². The first-order chi connectivity index (χ1) is 13.2. The summed E-state index contributed by atoms with van der Waals surface area (Å²) in [6.07, 6.45) is 7.21. The smallest absolute Gasteiger partial charge is 0.317 e. The minimum absolute atomic E-state index is 0.00446. The van der Waals surface area contributed by atoms with Crippen molar-refractivity contribution in [2.45, 2.75) is 56.9 Å². The van der Waals surface area contributed by atoms with Crippen molar-refractivity contribution >= 4 is 29.0 Å². The molecule has 0 radical (unpaired) electrons. The zero-order chi connectivity index (χ0) is 18.6. The molecule has 4 rings (SSSR count). The van der Waals surface area contributed by atoms with Gasteiger partial charge in [0.05, 0.1) is 0 Å². The molecule has 1 aromatic carbocycles. The van der Waals surface area contributed by atoms with Crippen LogP contribution in [0, 0.1) is 0 Å². The fourth-order valence-corrected chi connectivity index (χ4v) is 5.27. The van der Waals surface area contributed by atoms with E-state index in [1.165, 1.54) is 30.7 Å². The molecule has 27 heavy (non-hydrogen) atoms. The Morgan fingerprint density at radius 1 is 1.07 bits per heavy atom. The predicted octanol–water partition coefficient (Wildman–Crippen LogP) is 4.94. The van der Waals surface area contributed by atoms with Crippen molar-refractivity contribution < 1.29 is 4.79 Å². The van der Waals surface area contributed by atoms with Crippen molar-refractivity contribution in [2.24, 2.45) is 0 Å². The Labute approximate surface area is 169 Å². The van der Waals surface area contributed by atoms with Gasteiger partial charge in [-0.15, -0.1) is 21.5 Å². The van der Waals surface area contributed by atoms with E-state index in [-0.39, 0.29) is 6.03 Å². The minimum Gasteiger partial charge on any atom is -0.334 e. The molecule has 1 aliphatic carbocycles. The molecular formula is C20H25ClN4OS. The molecule has 2 heterocycles. The number of likely N-dealkylation sites (tertiary alicyclic amines) is 1. The lowest BCUT2D eigenvalue weighted by atomic mass is 9.99. The highest BCUT2D eigenvalue weighted by Gasteiger charge is 2.28. The maximum Gasteiger partial charge on any atom is 0.317 e. The Bertz CT molecular complexity index is 773. The van der Waals surface area contributed by atoms with Crippen LogP contribution in [-0.4, -0.2) is 34.2 Å². The largest absolute Gasteiger partial charge is 0.334 e. The molecule has 2 fully saturated rings. The topological polar surface area (TPSA) is 58.1 Å². The molecule has 7 heteroatoms. The highest BCUT2D eigenvalue weighted by molar-refractivity contribution is 7.11. The fraction of sp³-hybridized carbons (Fsp3) is 0.550. The van der Waals surface area contributed by atoms with Crippen LogP contribution in [-0.2, 0) is 6.54 Å². The van der Waals surface area contributed by atoms with Crippen LogP contribution >= 0.6 is 22.9 Å². The predicted molar refractivity (Wildman–Crippen MR) is 108 cm³/mol. The van der Waals surface area contributed by atoms with E-state index in [0.29, 0.717) is 23.4 Å². The fourth-order valence-electron chi connectivity index (χ4n) is 4.00. The number of benzene rings is 1. The lowest BCUT2D eigenvalue weighted by molar-refractivity contribution is 0.179. The Balaban J connectivity index is 1.33. The lowest BCUT2D eigenvalue weighted by Crippen LogP contribution is -2.44. The van der Waals surface area contributed by atoms with Gasteiger partial charge in [0.2, 0.25) is 0 Å². The summed E-state index contributed by atoms with van der Waals surface area (Å²) >= 11 is 7.68. The lowest BCUT2D eigenvalue weighted by Gasteiger charge is -2.31. The number of aromatic nitrogens is 2. The van der Waals surface area contributed by atoms with Gasteiger partial charge in [0.25, 0.3) is 0 Å². The van der Waals surface area contributed by atoms with Crippen LogP contribution in [0.2, 0.25) is 5.02 Å². The molecule has 1 aromatic heterocycles. The van der Waals surface area contributed by atoms with Crippen LogP contribution in [0.15, 0.2) is 24.3 Å². The third kappa shape index (κ3) is 4.61. The van der Waals surface area contributed by atoms with E-state index in [1.807, 2.05) is 29.2 Å². The van der Waals surface area contributed by atoms with Crippen LogP contribution in [0.3, 0.4) is 0 Å². The first-order valence-corrected chi connectivity index (χ1v) is 11.0. The average molecular weight is 405 g/mol. The van der Waals surface area contributed by atoms with Crippen LogP contribution in [0.1, 0.15) is 65.9 Å². The van der Waals surface area contributed by atoms with Gasteiger partial charge in [-0.2, -0.15) is 0 Å². The summed E-state index contributed by atoms with van der Waals surface area (Å²) in [6.45, 7) is 2.05. The summed E-state index contributed by atoms with van der Waals surface area (Å²) in [5, 5.41) is 15.0. The van der Waals surface area contributed by atoms with Gasteiger partial charge in [0.1, 0.15) is 10.0 Å². The number of nitrogens with one attached hydrogen (secondary N) is 1. The van der Waals surface area contributed by atoms with E-state index in [2.05, 4.69) is 15.5 Å². The molecule has 5 nitrogen and oxygen atoms in total. The number of carbonyl (C=O) groups excluding carboxylic acids is 1. The molecule has 1 atom stereocenters. The van der Waals surface area contributed by atoms with Crippen molar-refractivity contribution in [2.75, 3.05) is 13.1 Å². The quantitative estimate of drug-likeness (QED) is 0.785. The summed E-state index contributed by atoms with van der Waals surface area (Å²) in [5.41, 5.74) is 1.05. The van der Waals surface area contributed by atoms with Gasteiger partial charge >= 0.3 is 6.03 Å². The van der Waals surface area contributed by atoms with Crippen LogP contribution in [0.4, 0.5) is 4.79 Å². The number of halogens is 1. The third-order valence-electron chi connectivity index (χ3n) is 5.58. The second-order valence-electron chi connectivity index (χ2n) is 7.53. The Morgan fingerprint density at radius 2 is 1.74 bits per heavy atom. The number of rotatable bonds is 4. The number of hydrogen-bond acceptors (Lipinski definition) is 4. The van der Waals surface area contributed by atoms with Gasteiger partial charge in [-0.25, -0.2) is 4.79 Å².